The van der Waals surface area contributed by atoms with Gasteiger partial charge < -0.3 is 9.84 Å². The highest BCUT2D eigenvalue weighted by Gasteiger charge is 2.19. The van der Waals surface area contributed by atoms with Crippen molar-refractivity contribution in [3.05, 3.63) is 17.2 Å². The summed E-state index contributed by atoms with van der Waals surface area (Å²) in [6, 6.07) is 0. The molecule has 122 valence electrons. The van der Waals surface area contributed by atoms with Crippen LogP contribution in [0.1, 0.15) is 46.7 Å². The third-order valence-corrected chi connectivity index (χ3v) is 3.17. The van der Waals surface area contributed by atoms with E-state index in [2.05, 4.69) is 10.3 Å². The Kier molecular flexibility index (Phi) is 6.11. The number of thiazole rings is 1. The summed E-state index contributed by atoms with van der Waals surface area (Å²) >= 11 is 1.16. The number of hydrogen-bond donors (Lipinski definition) is 2. The molecule has 0 fully saturated rings. The summed E-state index contributed by atoms with van der Waals surface area (Å²) in [6.45, 7) is 9.30. The number of ether oxygens (including phenoxy) is 1. The summed E-state index contributed by atoms with van der Waals surface area (Å²) in [5.41, 5.74) is -0.125. The van der Waals surface area contributed by atoms with E-state index in [-0.39, 0.29) is 5.57 Å². The van der Waals surface area contributed by atoms with Gasteiger partial charge in [0.05, 0.1) is 11.3 Å². The fourth-order valence-corrected chi connectivity index (χ4v) is 2.20. The van der Waals surface area contributed by atoms with E-state index in [1.54, 1.807) is 32.2 Å². The predicted molar refractivity (Wildman–Crippen MR) is 87.0 cm³/mol. The maximum atomic E-state index is 11.7. The molecule has 1 aromatic heterocycles. The molecular formula is C15H22N2O4S. The van der Waals surface area contributed by atoms with E-state index in [0.717, 1.165) is 11.3 Å². The molecule has 6 nitrogen and oxygen atoms in total. The number of carboxylic acid groups (broad SMARTS) is 1. The van der Waals surface area contributed by atoms with Gasteiger partial charge in [0, 0.05) is 5.38 Å². The third kappa shape index (κ3) is 6.26. The number of aromatic nitrogens is 1. The van der Waals surface area contributed by atoms with E-state index in [1.165, 1.54) is 0 Å². The lowest BCUT2D eigenvalue weighted by Gasteiger charge is -2.18. The van der Waals surface area contributed by atoms with Gasteiger partial charge in [0.15, 0.2) is 5.13 Å². The molecule has 0 aliphatic heterocycles. The summed E-state index contributed by atoms with van der Waals surface area (Å²) in [6.07, 6.45) is 1.68. The van der Waals surface area contributed by atoms with Crippen molar-refractivity contribution < 1.29 is 19.4 Å². The highest BCUT2D eigenvalue weighted by atomic mass is 32.1. The first kappa shape index (κ1) is 18.2. The van der Waals surface area contributed by atoms with E-state index in [9.17, 15) is 14.7 Å². The van der Waals surface area contributed by atoms with Crippen molar-refractivity contribution >= 4 is 34.1 Å². The highest BCUT2D eigenvalue weighted by Crippen LogP contribution is 2.23. The van der Waals surface area contributed by atoms with Gasteiger partial charge in [0.2, 0.25) is 0 Å². The SMILES string of the molecule is CC(C)C/C=C(\C(=O)O)c1csc(NC(=O)OC(C)(C)C)n1. The molecule has 1 amide bonds. The molecule has 0 unspecified atom stereocenters. The molecule has 0 saturated carbocycles. The lowest BCUT2D eigenvalue weighted by Crippen LogP contribution is -2.27. The lowest BCUT2D eigenvalue weighted by molar-refractivity contribution is -0.130. The van der Waals surface area contributed by atoms with Crippen molar-refractivity contribution in [1.82, 2.24) is 4.98 Å². The van der Waals surface area contributed by atoms with E-state index < -0.39 is 17.7 Å². The average Bonchev–Trinajstić information content (AvgIpc) is 2.73. The Morgan fingerprint density at radius 3 is 2.59 bits per heavy atom. The molecule has 0 radical (unpaired) electrons. The molecule has 0 aromatic carbocycles. The lowest BCUT2D eigenvalue weighted by atomic mass is 10.1. The van der Waals surface area contributed by atoms with Crippen LogP contribution in [-0.4, -0.2) is 27.8 Å². The van der Waals surface area contributed by atoms with Gasteiger partial charge >= 0.3 is 12.1 Å². The fourth-order valence-electron chi connectivity index (χ4n) is 1.50. The minimum absolute atomic E-state index is 0.141. The normalized spacial score (nSPS) is 12.4. The minimum Gasteiger partial charge on any atom is -0.478 e. The molecule has 1 heterocycles. The minimum atomic E-state index is -1.03. The Bertz CT molecular complexity index is 570. The van der Waals surface area contributed by atoms with Crippen LogP contribution in [0.25, 0.3) is 5.57 Å². The molecule has 0 bridgehead atoms. The second-order valence-corrected chi connectivity index (χ2v) is 7.08. The Labute approximate surface area is 134 Å². The number of carbonyl (C=O) groups excluding carboxylic acids is 1. The number of anilines is 1. The fraction of sp³-hybridized carbons (Fsp3) is 0.533. The van der Waals surface area contributed by atoms with Crippen LogP contribution in [0.2, 0.25) is 0 Å². The molecule has 0 spiro atoms. The largest absolute Gasteiger partial charge is 0.478 e. The van der Waals surface area contributed by atoms with Crippen LogP contribution in [-0.2, 0) is 9.53 Å². The van der Waals surface area contributed by atoms with Gasteiger partial charge in [-0.15, -0.1) is 11.3 Å². The van der Waals surface area contributed by atoms with Crippen molar-refractivity contribution in [3.63, 3.8) is 0 Å². The summed E-state index contributed by atoms with van der Waals surface area (Å²) in [5, 5.41) is 13.7. The summed E-state index contributed by atoms with van der Waals surface area (Å²) in [7, 11) is 0. The number of nitrogens with zero attached hydrogens (tertiary/aromatic N) is 1. The first-order chi connectivity index (χ1) is 10.1. The summed E-state index contributed by atoms with van der Waals surface area (Å²) < 4.78 is 5.12. The molecule has 0 aliphatic rings. The first-order valence-corrected chi connectivity index (χ1v) is 7.86. The van der Waals surface area contributed by atoms with Gasteiger partial charge in [-0.25, -0.2) is 14.6 Å². The molecule has 1 aromatic rings. The van der Waals surface area contributed by atoms with Crippen molar-refractivity contribution in [1.29, 1.82) is 0 Å². The Morgan fingerprint density at radius 2 is 2.09 bits per heavy atom. The Hall–Kier alpha value is -1.89. The molecule has 0 aliphatic carbocycles. The number of aliphatic carboxylic acids is 1. The monoisotopic (exact) mass is 326 g/mol. The molecule has 22 heavy (non-hydrogen) atoms. The van der Waals surface area contributed by atoms with E-state index >= 15 is 0 Å². The van der Waals surface area contributed by atoms with Gasteiger partial charge in [-0.05, 0) is 33.1 Å². The van der Waals surface area contributed by atoms with Crippen LogP contribution in [0, 0.1) is 5.92 Å². The number of nitrogens with one attached hydrogen (secondary N) is 1. The topological polar surface area (TPSA) is 88.5 Å². The maximum Gasteiger partial charge on any atom is 0.413 e. The quantitative estimate of drug-likeness (QED) is 0.798. The second kappa shape index (κ2) is 7.40. The van der Waals surface area contributed by atoms with Gasteiger partial charge in [0.1, 0.15) is 5.60 Å². The van der Waals surface area contributed by atoms with Crippen molar-refractivity contribution in [2.45, 2.75) is 46.6 Å². The van der Waals surface area contributed by atoms with Crippen LogP contribution in [0.4, 0.5) is 9.93 Å². The Morgan fingerprint density at radius 1 is 1.45 bits per heavy atom. The van der Waals surface area contributed by atoms with Crippen LogP contribution in [0.5, 0.6) is 0 Å². The molecule has 1 rings (SSSR count). The number of rotatable bonds is 5. The molecule has 7 heteroatoms. The number of hydrogen-bond acceptors (Lipinski definition) is 5. The number of amides is 1. The molecular weight excluding hydrogens is 304 g/mol. The van der Waals surface area contributed by atoms with Crippen molar-refractivity contribution in [2.75, 3.05) is 5.32 Å². The van der Waals surface area contributed by atoms with E-state index in [1.807, 2.05) is 13.8 Å². The number of carbonyl (C=O) groups is 2. The molecule has 0 atom stereocenters. The van der Waals surface area contributed by atoms with Gasteiger partial charge in [-0.3, -0.25) is 5.32 Å². The van der Waals surface area contributed by atoms with Crippen molar-refractivity contribution in [2.24, 2.45) is 5.92 Å². The Balaban J connectivity index is 2.83. The van der Waals surface area contributed by atoms with Crippen LogP contribution >= 0.6 is 11.3 Å². The molecule has 0 saturated heterocycles. The standard InChI is InChI=1S/C15H22N2O4S/c1-9(2)6-7-10(12(18)19)11-8-22-13(16-11)17-14(20)21-15(3,4)5/h7-9H,6H2,1-5H3,(H,18,19)(H,16,17,20)/b10-7-. The van der Waals surface area contributed by atoms with Crippen LogP contribution in [0.3, 0.4) is 0 Å². The predicted octanol–water partition coefficient (Wildman–Crippen LogP) is 4.00. The zero-order valence-corrected chi connectivity index (χ0v) is 14.3. The average molecular weight is 326 g/mol. The first-order valence-electron chi connectivity index (χ1n) is 6.98. The zero-order chi connectivity index (χ0) is 16.9. The van der Waals surface area contributed by atoms with Gasteiger partial charge in [-0.2, -0.15) is 0 Å². The van der Waals surface area contributed by atoms with Gasteiger partial charge in [0.25, 0.3) is 0 Å². The number of carboxylic acids is 1. The van der Waals surface area contributed by atoms with Crippen LogP contribution < -0.4 is 5.32 Å². The smallest absolute Gasteiger partial charge is 0.413 e. The summed E-state index contributed by atoms with van der Waals surface area (Å²) in [5.74, 6) is -0.679. The summed E-state index contributed by atoms with van der Waals surface area (Å²) in [4.78, 5) is 27.1. The number of allylic oxidation sites excluding steroid dienone is 1. The zero-order valence-electron chi connectivity index (χ0n) is 13.5. The highest BCUT2D eigenvalue weighted by molar-refractivity contribution is 7.14. The second-order valence-electron chi connectivity index (χ2n) is 6.22. The van der Waals surface area contributed by atoms with Gasteiger partial charge in [-0.1, -0.05) is 19.9 Å². The third-order valence-electron chi connectivity index (χ3n) is 2.41. The van der Waals surface area contributed by atoms with Crippen LogP contribution in [0.15, 0.2) is 11.5 Å². The maximum absolute atomic E-state index is 11.7. The van der Waals surface area contributed by atoms with Crippen molar-refractivity contribution in [3.8, 4) is 0 Å². The van der Waals surface area contributed by atoms with E-state index in [4.69, 9.17) is 4.74 Å². The van der Waals surface area contributed by atoms with E-state index in [0.29, 0.717) is 23.2 Å². The molecule has 2 N–H and O–H groups in total.